The summed E-state index contributed by atoms with van der Waals surface area (Å²) in [6.07, 6.45) is 8.93. The molecule has 0 N–H and O–H groups in total. The Bertz CT molecular complexity index is 3110. The van der Waals surface area contributed by atoms with E-state index in [1.807, 2.05) is 0 Å². The summed E-state index contributed by atoms with van der Waals surface area (Å²) in [7, 11) is 0. The van der Waals surface area contributed by atoms with E-state index in [9.17, 15) is 0 Å². The minimum atomic E-state index is -3.44. The second-order valence-electron chi connectivity index (χ2n) is 19.1. The van der Waals surface area contributed by atoms with E-state index in [1.54, 1.807) is 6.55 Å². The molecular formula is C59H50Cl4Zr. The smallest absolute Gasteiger partial charge is 1.00 e. The SMILES string of the molecule is CC(C)(C)c1cc2c(cc1-c1ccccc1)Cc1c-2cc(C(C)(C)C)c(-c2ccccc2)[c]1[Zr+2]([C]1=CC=CC1)=[C](c1cc(Cl)cc2ccccc12)c1cc(Cl)cc2ccccc12.[Cl-].[Cl-]. The number of rotatable bonds is 6. The summed E-state index contributed by atoms with van der Waals surface area (Å²) in [4.78, 5) is 0. The number of allylic oxidation sites excluding steroid dienone is 4. The van der Waals surface area contributed by atoms with Gasteiger partial charge in [0.15, 0.2) is 0 Å². The Hall–Kier alpha value is -4.33. The van der Waals surface area contributed by atoms with Crippen molar-refractivity contribution in [2.24, 2.45) is 0 Å². The van der Waals surface area contributed by atoms with Crippen molar-refractivity contribution in [3.8, 4) is 33.4 Å². The molecule has 0 amide bonds. The maximum absolute atomic E-state index is 7.25. The molecule has 8 aromatic rings. The van der Waals surface area contributed by atoms with E-state index in [0.29, 0.717) is 0 Å². The summed E-state index contributed by atoms with van der Waals surface area (Å²) in [6, 6.07) is 56.3. The molecule has 64 heavy (non-hydrogen) atoms. The van der Waals surface area contributed by atoms with Gasteiger partial charge in [0, 0.05) is 0 Å². The maximum Gasteiger partial charge on any atom is -1.00 e. The Kier molecular flexibility index (Phi) is 13.1. The van der Waals surface area contributed by atoms with Crippen molar-refractivity contribution in [1.82, 2.24) is 0 Å². The van der Waals surface area contributed by atoms with Gasteiger partial charge in [0.1, 0.15) is 0 Å². The first-order valence-electron chi connectivity index (χ1n) is 21.8. The minimum absolute atomic E-state index is 0. The summed E-state index contributed by atoms with van der Waals surface area (Å²) >= 11 is 11.1. The van der Waals surface area contributed by atoms with Gasteiger partial charge in [-0.15, -0.1) is 0 Å². The molecule has 2 aliphatic rings. The average molecular weight is 992 g/mol. The van der Waals surface area contributed by atoms with Gasteiger partial charge in [-0.3, -0.25) is 0 Å². The van der Waals surface area contributed by atoms with E-state index >= 15 is 0 Å². The molecule has 0 aliphatic heterocycles. The van der Waals surface area contributed by atoms with Crippen LogP contribution in [0.5, 0.6) is 0 Å². The van der Waals surface area contributed by atoms with Crippen LogP contribution in [0.25, 0.3) is 54.9 Å². The monoisotopic (exact) mass is 988 g/mol. The normalized spacial score (nSPS) is 12.8. The van der Waals surface area contributed by atoms with Crippen LogP contribution in [0, 0.1) is 0 Å². The molecule has 0 bridgehead atoms. The molecule has 0 atom stereocenters. The van der Waals surface area contributed by atoms with Crippen molar-refractivity contribution >= 4 is 51.2 Å². The summed E-state index contributed by atoms with van der Waals surface area (Å²) in [5.74, 6) is 0. The molecule has 0 spiro atoms. The Morgan fingerprint density at radius 3 is 1.58 bits per heavy atom. The number of hydrogen-bond acceptors (Lipinski definition) is 0. The van der Waals surface area contributed by atoms with Crippen LogP contribution in [0.15, 0.2) is 173 Å². The summed E-state index contributed by atoms with van der Waals surface area (Å²) in [6.45, 7) is 14.3. The van der Waals surface area contributed by atoms with Gasteiger partial charge in [-0.25, -0.2) is 0 Å². The van der Waals surface area contributed by atoms with E-state index in [4.69, 9.17) is 23.2 Å². The van der Waals surface area contributed by atoms with Gasteiger partial charge < -0.3 is 24.8 Å². The van der Waals surface area contributed by atoms with E-state index in [2.05, 4.69) is 211 Å². The second kappa shape index (κ2) is 18.2. The van der Waals surface area contributed by atoms with E-state index in [0.717, 1.165) is 33.7 Å². The van der Waals surface area contributed by atoms with Crippen LogP contribution in [0.1, 0.15) is 81.3 Å². The van der Waals surface area contributed by atoms with Gasteiger partial charge in [-0.05, 0) is 0 Å². The first-order chi connectivity index (χ1) is 29.8. The minimum Gasteiger partial charge on any atom is -1.00 e. The fourth-order valence-corrected chi connectivity index (χ4v) is 19.1. The third kappa shape index (κ3) is 8.38. The molecule has 0 saturated carbocycles. The zero-order chi connectivity index (χ0) is 42.9. The molecule has 10 rings (SSSR count). The Morgan fingerprint density at radius 2 is 1.05 bits per heavy atom. The molecule has 0 nitrogen and oxygen atoms in total. The van der Waals surface area contributed by atoms with Crippen LogP contribution < -0.4 is 28.1 Å². The first-order valence-corrected chi connectivity index (χ1v) is 26.3. The van der Waals surface area contributed by atoms with Crippen LogP contribution >= 0.6 is 23.2 Å². The van der Waals surface area contributed by atoms with Crippen LogP contribution in [0.3, 0.4) is 0 Å². The topological polar surface area (TPSA) is 0 Å². The number of benzene rings is 8. The van der Waals surface area contributed by atoms with Gasteiger partial charge >= 0.3 is 388 Å². The average Bonchev–Trinajstić information content (AvgIpc) is 3.92. The number of halogens is 4. The van der Waals surface area contributed by atoms with Crippen molar-refractivity contribution in [3.05, 3.63) is 217 Å². The Labute approximate surface area is 409 Å². The molecule has 0 fully saturated rings. The third-order valence-corrected chi connectivity index (χ3v) is 20.9. The first kappa shape index (κ1) is 46.2. The molecule has 0 radical (unpaired) electrons. The molecule has 318 valence electrons. The van der Waals surface area contributed by atoms with Crippen LogP contribution in [-0.4, -0.2) is 3.21 Å². The molecule has 0 unspecified atom stereocenters. The van der Waals surface area contributed by atoms with Gasteiger partial charge in [0.05, 0.1) is 0 Å². The van der Waals surface area contributed by atoms with E-state index in [1.165, 1.54) is 80.7 Å². The van der Waals surface area contributed by atoms with Crippen molar-refractivity contribution in [2.45, 2.75) is 65.2 Å². The molecular weight excluding hydrogens is 942 g/mol. The Balaban J connectivity index is 0.00000280. The van der Waals surface area contributed by atoms with Crippen molar-refractivity contribution in [1.29, 1.82) is 0 Å². The molecule has 0 heterocycles. The number of hydrogen-bond donors (Lipinski definition) is 0. The van der Waals surface area contributed by atoms with Crippen LogP contribution in [-0.2, 0) is 38.5 Å². The molecule has 5 heteroatoms. The van der Waals surface area contributed by atoms with Gasteiger partial charge in [-0.1, -0.05) is 0 Å². The molecule has 2 aliphatic carbocycles. The van der Waals surface area contributed by atoms with Crippen LogP contribution in [0.4, 0.5) is 0 Å². The Morgan fingerprint density at radius 1 is 0.531 bits per heavy atom. The summed E-state index contributed by atoms with van der Waals surface area (Å²) < 4.78 is 4.53. The zero-order valence-corrected chi connectivity index (χ0v) is 42.6. The van der Waals surface area contributed by atoms with Crippen molar-refractivity contribution in [3.63, 3.8) is 0 Å². The van der Waals surface area contributed by atoms with Crippen LogP contribution in [0.2, 0.25) is 10.0 Å². The maximum atomic E-state index is 7.25. The quantitative estimate of drug-likeness (QED) is 0.156. The molecule has 0 aromatic heterocycles. The van der Waals surface area contributed by atoms with E-state index < -0.39 is 21.3 Å². The molecule has 8 aromatic carbocycles. The summed E-state index contributed by atoms with van der Waals surface area (Å²) in [5, 5.41) is 6.22. The van der Waals surface area contributed by atoms with Crippen molar-refractivity contribution < 1.29 is 46.1 Å². The predicted molar refractivity (Wildman–Crippen MR) is 266 cm³/mol. The van der Waals surface area contributed by atoms with Crippen molar-refractivity contribution in [2.75, 3.05) is 0 Å². The molecule has 0 saturated heterocycles. The fourth-order valence-electron chi connectivity index (χ4n) is 10.1. The van der Waals surface area contributed by atoms with Gasteiger partial charge in [0.2, 0.25) is 0 Å². The standard InChI is InChI=1S/C33H33.C21H12Cl2.C5H5.2ClH.Zr/c1-32(2,3)30-20-26-24(18-28(30)22-13-9-7-10-14-22)17-25-19-29(23-15-11-8-12-16-23)31(21-27(25)26)33(4,5)6;22-18-10-14-5-1-3-7-20(14)16(12-18)9-17-13-19(23)11-15-6-2-4-8-21(15)17;1-2-4-5-3-1;;;/h7-16,18,20-21H,17H2,1-6H3;1-8,10-13H;1-3H,4H2;2*1H;/q;;;;;+2/p-2. The fraction of sp³-hybridized carbons (Fsp3) is 0.169. The third-order valence-electron chi connectivity index (χ3n) is 12.9. The zero-order valence-electron chi connectivity index (χ0n) is 37.1. The predicted octanol–water partition coefficient (Wildman–Crippen LogP) is 10.2. The summed E-state index contributed by atoms with van der Waals surface area (Å²) in [5.41, 5.74) is 15.9. The van der Waals surface area contributed by atoms with Gasteiger partial charge in [0.25, 0.3) is 0 Å². The van der Waals surface area contributed by atoms with Gasteiger partial charge in [-0.2, -0.15) is 0 Å². The largest absolute Gasteiger partial charge is 1.00 e. The second-order valence-corrected chi connectivity index (χ2v) is 25.8. The number of fused-ring (bicyclic) bond motifs is 5. The van der Waals surface area contributed by atoms with E-state index in [-0.39, 0.29) is 35.6 Å².